The number of hydrogen-bond acceptors (Lipinski definition) is 4. The topological polar surface area (TPSA) is 57.4 Å². The summed E-state index contributed by atoms with van der Waals surface area (Å²) in [7, 11) is 1.90. The van der Waals surface area contributed by atoms with Crippen LogP contribution in [0, 0.1) is 6.92 Å². The van der Waals surface area contributed by atoms with Crippen LogP contribution < -0.4 is 10.4 Å². The number of thiazole rings is 1. The van der Waals surface area contributed by atoms with Gasteiger partial charge >= 0.3 is 0 Å². The highest BCUT2D eigenvalue weighted by molar-refractivity contribution is 7.07. The van der Waals surface area contributed by atoms with Gasteiger partial charge < -0.3 is 8.98 Å². The van der Waals surface area contributed by atoms with Gasteiger partial charge in [-0.2, -0.15) is 0 Å². The molecule has 0 saturated heterocycles. The molecule has 4 aromatic rings. The van der Waals surface area contributed by atoms with Crippen LogP contribution in [0.5, 0.6) is 0 Å². The lowest BCUT2D eigenvalue weighted by atomic mass is 9.95. The second-order valence-electron chi connectivity index (χ2n) is 8.06. The maximum Gasteiger partial charge on any atom is 0.297 e. The van der Waals surface area contributed by atoms with Crippen molar-refractivity contribution >= 4 is 17.0 Å². The van der Waals surface area contributed by atoms with Crippen LogP contribution in [-0.2, 0) is 7.05 Å². The SMILES string of the molecule is Cc1c(N=c2scc(-c3ccco3)n2C2CCCCC2)c(=O)n(-c2ccccc2)n1C. The number of nitrogens with zero attached hydrogens (tertiary/aromatic N) is 4. The molecule has 7 heteroatoms. The summed E-state index contributed by atoms with van der Waals surface area (Å²) in [6.07, 6.45) is 7.67. The molecule has 1 aliphatic carbocycles. The van der Waals surface area contributed by atoms with Gasteiger partial charge in [-0.3, -0.25) is 9.48 Å². The van der Waals surface area contributed by atoms with Crippen LogP contribution in [0.4, 0.5) is 5.69 Å². The molecule has 0 spiro atoms. The maximum atomic E-state index is 13.4. The van der Waals surface area contributed by atoms with Gasteiger partial charge in [0.15, 0.2) is 16.2 Å². The molecule has 1 saturated carbocycles. The predicted octanol–water partition coefficient (Wildman–Crippen LogP) is 5.35. The van der Waals surface area contributed by atoms with Crippen LogP contribution in [0.25, 0.3) is 17.1 Å². The normalized spacial score (nSPS) is 15.6. The third-order valence-electron chi connectivity index (χ3n) is 6.19. The van der Waals surface area contributed by atoms with Crippen LogP contribution in [0.15, 0.2) is 68.3 Å². The minimum atomic E-state index is -0.102. The zero-order valence-electron chi connectivity index (χ0n) is 17.8. The van der Waals surface area contributed by atoms with E-state index in [2.05, 4.69) is 9.95 Å². The Hall–Kier alpha value is -3.06. The van der Waals surface area contributed by atoms with Crippen molar-refractivity contribution in [3.8, 4) is 17.1 Å². The summed E-state index contributed by atoms with van der Waals surface area (Å²) < 4.78 is 11.6. The fourth-order valence-corrected chi connectivity index (χ4v) is 5.43. The summed E-state index contributed by atoms with van der Waals surface area (Å²) in [4.78, 5) is 19.2. The van der Waals surface area contributed by atoms with Crippen molar-refractivity contribution in [2.24, 2.45) is 12.0 Å². The van der Waals surface area contributed by atoms with Gasteiger partial charge in [-0.05, 0) is 44.0 Å². The van der Waals surface area contributed by atoms with Crippen molar-refractivity contribution < 1.29 is 4.42 Å². The van der Waals surface area contributed by atoms with E-state index in [1.54, 1.807) is 22.3 Å². The lowest BCUT2D eigenvalue weighted by Gasteiger charge is -2.24. The van der Waals surface area contributed by atoms with Gasteiger partial charge in [0.2, 0.25) is 0 Å². The van der Waals surface area contributed by atoms with E-state index >= 15 is 0 Å². The number of benzene rings is 1. The molecule has 0 amide bonds. The van der Waals surface area contributed by atoms with Crippen LogP contribution in [0.2, 0.25) is 0 Å². The molecule has 0 unspecified atom stereocenters. The molecule has 3 aromatic heterocycles. The molecule has 6 nitrogen and oxygen atoms in total. The van der Waals surface area contributed by atoms with Gasteiger partial charge in [0.25, 0.3) is 5.56 Å². The van der Waals surface area contributed by atoms with Crippen molar-refractivity contribution in [2.75, 3.05) is 0 Å². The van der Waals surface area contributed by atoms with Crippen molar-refractivity contribution in [3.05, 3.63) is 75.0 Å². The second kappa shape index (κ2) is 8.23. The fraction of sp³-hybridized carbons (Fsp3) is 0.333. The summed E-state index contributed by atoms with van der Waals surface area (Å²) in [5.74, 6) is 0.842. The van der Waals surface area contributed by atoms with Crippen molar-refractivity contribution in [3.63, 3.8) is 0 Å². The molecular weight excluding hydrogens is 408 g/mol. The second-order valence-corrected chi connectivity index (χ2v) is 8.90. The van der Waals surface area contributed by atoms with E-state index in [9.17, 15) is 4.79 Å². The fourth-order valence-electron chi connectivity index (χ4n) is 4.48. The Kier molecular flexibility index (Phi) is 5.28. The van der Waals surface area contributed by atoms with E-state index in [0.29, 0.717) is 11.7 Å². The van der Waals surface area contributed by atoms with E-state index in [1.807, 2.05) is 61.1 Å². The van der Waals surface area contributed by atoms with Gasteiger partial charge in [0, 0.05) is 18.5 Å². The molecule has 1 fully saturated rings. The van der Waals surface area contributed by atoms with Gasteiger partial charge in [0.1, 0.15) is 0 Å². The Bertz CT molecular complexity index is 1300. The summed E-state index contributed by atoms with van der Waals surface area (Å²) in [6, 6.07) is 14.0. The molecule has 5 rings (SSSR count). The predicted molar refractivity (Wildman–Crippen MR) is 123 cm³/mol. The van der Waals surface area contributed by atoms with Crippen LogP contribution >= 0.6 is 11.3 Å². The van der Waals surface area contributed by atoms with Crippen LogP contribution in [-0.4, -0.2) is 13.9 Å². The first-order valence-electron chi connectivity index (χ1n) is 10.8. The molecule has 1 aliphatic rings. The standard InChI is InChI=1S/C24H26N4O2S/c1-17-22(23(29)28(26(17)2)19-12-7-4-8-13-19)25-24-27(18-10-5-3-6-11-18)20(16-31-24)21-14-9-15-30-21/h4,7-9,12-16,18H,3,5-6,10-11H2,1-2H3. The minimum Gasteiger partial charge on any atom is -0.463 e. The van der Waals surface area contributed by atoms with Gasteiger partial charge in [-0.1, -0.05) is 37.5 Å². The number of hydrogen-bond donors (Lipinski definition) is 0. The molecule has 0 radical (unpaired) electrons. The van der Waals surface area contributed by atoms with Crippen molar-refractivity contribution in [1.82, 2.24) is 13.9 Å². The van der Waals surface area contributed by atoms with Crippen LogP contribution in [0.3, 0.4) is 0 Å². The summed E-state index contributed by atoms with van der Waals surface area (Å²) >= 11 is 1.57. The maximum absolute atomic E-state index is 13.4. The number of para-hydroxylation sites is 1. The highest BCUT2D eigenvalue weighted by Gasteiger charge is 2.22. The van der Waals surface area contributed by atoms with Crippen LogP contribution in [0.1, 0.15) is 43.8 Å². The third kappa shape index (κ3) is 3.53. The molecule has 160 valence electrons. The van der Waals surface area contributed by atoms with Crippen molar-refractivity contribution in [2.45, 2.75) is 45.1 Å². The first-order chi connectivity index (χ1) is 15.1. The van der Waals surface area contributed by atoms with Gasteiger partial charge in [-0.25, -0.2) is 9.67 Å². The Labute approximate surface area is 184 Å². The largest absolute Gasteiger partial charge is 0.463 e. The van der Waals surface area contributed by atoms with E-state index in [4.69, 9.17) is 9.41 Å². The first kappa shape index (κ1) is 19.9. The third-order valence-corrected chi connectivity index (χ3v) is 7.03. The summed E-state index contributed by atoms with van der Waals surface area (Å²) in [5.41, 5.74) is 3.11. The summed E-state index contributed by atoms with van der Waals surface area (Å²) in [6.45, 7) is 1.95. The van der Waals surface area contributed by atoms with E-state index in [0.717, 1.165) is 40.5 Å². The minimum absolute atomic E-state index is 0.102. The molecule has 31 heavy (non-hydrogen) atoms. The molecule has 0 aliphatic heterocycles. The Morgan fingerprint density at radius 3 is 2.55 bits per heavy atom. The first-order valence-corrected chi connectivity index (χ1v) is 11.7. The van der Waals surface area contributed by atoms with Gasteiger partial charge in [0.05, 0.1) is 23.3 Å². The molecule has 0 bridgehead atoms. The molecule has 1 aromatic carbocycles. The monoisotopic (exact) mass is 434 g/mol. The average molecular weight is 435 g/mol. The Morgan fingerprint density at radius 1 is 1.06 bits per heavy atom. The van der Waals surface area contributed by atoms with E-state index in [-0.39, 0.29) is 5.56 Å². The quantitative estimate of drug-likeness (QED) is 0.435. The number of furan rings is 1. The van der Waals surface area contributed by atoms with E-state index in [1.165, 1.54) is 19.3 Å². The Morgan fingerprint density at radius 2 is 1.84 bits per heavy atom. The zero-order chi connectivity index (χ0) is 21.4. The summed E-state index contributed by atoms with van der Waals surface area (Å²) in [5, 5.41) is 2.10. The number of aromatic nitrogens is 3. The van der Waals surface area contributed by atoms with Crippen molar-refractivity contribution in [1.29, 1.82) is 0 Å². The molecule has 3 heterocycles. The number of rotatable bonds is 4. The lowest BCUT2D eigenvalue weighted by Crippen LogP contribution is -2.24. The smallest absolute Gasteiger partial charge is 0.297 e. The molecular formula is C24H26N4O2S. The molecule has 0 N–H and O–H groups in total. The lowest BCUT2D eigenvalue weighted by molar-refractivity contribution is 0.349. The highest BCUT2D eigenvalue weighted by atomic mass is 32.1. The highest BCUT2D eigenvalue weighted by Crippen LogP contribution is 2.32. The van der Waals surface area contributed by atoms with Gasteiger partial charge in [-0.15, -0.1) is 11.3 Å². The average Bonchev–Trinajstić information content (AvgIpc) is 3.52. The Balaban J connectivity index is 1.70. The van der Waals surface area contributed by atoms with E-state index < -0.39 is 0 Å². The zero-order valence-corrected chi connectivity index (χ0v) is 18.6. The molecule has 0 atom stereocenters.